The van der Waals surface area contributed by atoms with E-state index in [1.165, 1.54) is 0 Å². The van der Waals surface area contributed by atoms with Gasteiger partial charge < -0.3 is 14.4 Å². The highest BCUT2D eigenvalue weighted by atomic mass is 16.5. The number of rotatable bonds is 5. The predicted octanol–water partition coefficient (Wildman–Crippen LogP) is 2.46. The van der Waals surface area contributed by atoms with Gasteiger partial charge in [0.05, 0.1) is 12.7 Å². The topological polar surface area (TPSA) is 47.3 Å². The van der Waals surface area contributed by atoms with E-state index in [-0.39, 0.29) is 6.10 Å². The summed E-state index contributed by atoms with van der Waals surface area (Å²) in [5.74, 6) is 0.814. The molecule has 0 amide bonds. The van der Waals surface area contributed by atoms with Gasteiger partial charge in [0.25, 0.3) is 0 Å². The largest absolute Gasteiger partial charge is 0.382 e. The number of imidazole rings is 1. The first-order chi connectivity index (χ1) is 8.69. The molecule has 1 aromatic rings. The zero-order valence-corrected chi connectivity index (χ0v) is 11.4. The highest BCUT2D eigenvalue weighted by molar-refractivity contribution is 5.07. The minimum atomic E-state index is -0.809. The Labute approximate surface area is 109 Å². The molecule has 0 spiro atoms. The molecule has 1 aromatic heterocycles. The average Bonchev–Trinajstić information content (AvgIpc) is 2.79. The summed E-state index contributed by atoms with van der Waals surface area (Å²) in [5.41, 5.74) is -0.809. The molecule has 0 aliphatic carbocycles. The van der Waals surface area contributed by atoms with Crippen molar-refractivity contribution in [2.24, 2.45) is 0 Å². The number of ether oxygens (including phenoxy) is 1. The molecule has 1 fully saturated rings. The molecule has 1 N–H and O–H groups in total. The summed E-state index contributed by atoms with van der Waals surface area (Å²) >= 11 is 0. The predicted molar refractivity (Wildman–Crippen MR) is 70.3 cm³/mol. The Hall–Kier alpha value is -0.870. The lowest BCUT2D eigenvalue weighted by molar-refractivity contribution is -0.115. The molecule has 102 valence electrons. The lowest BCUT2D eigenvalue weighted by Crippen LogP contribution is -2.40. The Balaban J connectivity index is 2.16. The quantitative estimate of drug-likeness (QED) is 0.875. The monoisotopic (exact) mass is 252 g/mol. The summed E-state index contributed by atoms with van der Waals surface area (Å²) in [4.78, 5) is 4.38. The van der Waals surface area contributed by atoms with Crippen LogP contribution in [0, 0.1) is 0 Å². The van der Waals surface area contributed by atoms with Crippen LogP contribution in [0.5, 0.6) is 0 Å². The van der Waals surface area contributed by atoms with Crippen molar-refractivity contribution in [2.45, 2.75) is 64.2 Å². The molecule has 1 saturated heterocycles. The Morgan fingerprint density at radius 3 is 3.06 bits per heavy atom. The highest BCUT2D eigenvalue weighted by Gasteiger charge is 2.39. The van der Waals surface area contributed by atoms with Crippen LogP contribution >= 0.6 is 0 Å². The molecule has 0 radical (unpaired) electrons. The summed E-state index contributed by atoms with van der Waals surface area (Å²) in [7, 11) is 0. The minimum absolute atomic E-state index is 0.167. The first-order valence-corrected chi connectivity index (χ1v) is 7.05. The number of hydrogen-bond donors (Lipinski definition) is 1. The van der Waals surface area contributed by atoms with Gasteiger partial charge in [0.15, 0.2) is 0 Å². The molecular formula is C14H24N2O2. The van der Waals surface area contributed by atoms with Crippen LogP contribution in [0.4, 0.5) is 0 Å². The normalized spacial score (nSPS) is 28.5. The second kappa shape index (κ2) is 5.85. The number of aryl methyl sites for hydroxylation is 1. The maximum Gasteiger partial charge on any atom is 0.140 e. The van der Waals surface area contributed by atoms with E-state index in [0.29, 0.717) is 19.4 Å². The molecule has 2 rings (SSSR count). The molecule has 0 bridgehead atoms. The third kappa shape index (κ3) is 2.75. The van der Waals surface area contributed by atoms with E-state index < -0.39 is 5.60 Å². The number of aromatic nitrogens is 2. The van der Waals surface area contributed by atoms with Gasteiger partial charge in [0.1, 0.15) is 11.4 Å². The van der Waals surface area contributed by atoms with Crippen molar-refractivity contribution >= 4 is 0 Å². The van der Waals surface area contributed by atoms with Crippen LogP contribution in [0.25, 0.3) is 0 Å². The zero-order chi connectivity index (χ0) is 13.0. The van der Waals surface area contributed by atoms with Gasteiger partial charge in [-0.15, -0.1) is 0 Å². The van der Waals surface area contributed by atoms with Crippen LogP contribution in [0.15, 0.2) is 12.4 Å². The van der Waals surface area contributed by atoms with Crippen LogP contribution in [-0.2, 0) is 16.9 Å². The Morgan fingerprint density at radius 2 is 2.33 bits per heavy atom. The molecule has 2 atom stereocenters. The molecule has 1 aliphatic heterocycles. The van der Waals surface area contributed by atoms with Crippen molar-refractivity contribution in [3.63, 3.8) is 0 Å². The van der Waals surface area contributed by atoms with E-state index in [9.17, 15) is 5.11 Å². The number of nitrogens with zero attached hydrogens (tertiary/aromatic N) is 2. The van der Waals surface area contributed by atoms with Crippen molar-refractivity contribution in [2.75, 3.05) is 6.61 Å². The van der Waals surface area contributed by atoms with Crippen LogP contribution in [0.1, 0.15) is 51.8 Å². The lowest BCUT2D eigenvalue weighted by Gasteiger charge is -2.36. The fourth-order valence-corrected chi connectivity index (χ4v) is 2.78. The standard InChI is InChI=1S/C14H24N2O2/c1-3-5-12-11-14(17,6-10-18-12)13-15-7-9-16(13)8-4-2/h7,9,12,17H,3-6,8,10-11H2,1-2H3. The van der Waals surface area contributed by atoms with E-state index in [1.54, 1.807) is 6.20 Å². The van der Waals surface area contributed by atoms with Gasteiger partial charge in [-0.2, -0.15) is 0 Å². The Kier molecular flexibility index (Phi) is 4.40. The average molecular weight is 252 g/mol. The molecule has 4 nitrogen and oxygen atoms in total. The van der Waals surface area contributed by atoms with Crippen molar-refractivity contribution in [3.8, 4) is 0 Å². The van der Waals surface area contributed by atoms with Crippen LogP contribution in [0.2, 0.25) is 0 Å². The van der Waals surface area contributed by atoms with Gasteiger partial charge in [-0.3, -0.25) is 0 Å². The maximum absolute atomic E-state index is 10.9. The third-order valence-electron chi connectivity index (χ3n) is 3.64. The molecule has 1 aliphatic rings. The molecule has 0 saturated carbocycles. The first kappa shape index (κ1) is 13.6. The summed E-state index contributed by atoms with van der Waals surface area (Å²) in [6.45, 7) is 5.82. The third-order valence-corrected chi connectivity index (χ3v) is 3.64. The fourth-order valence-electron chi connectivity index (χ4n) is 2.78. The molecule has 4 heteroatoms. The second-order valence-corrected chi connectivity index (χ2v) is 5.21. The number of hydrogen-bond acceptors (Lipinski definition) is 3. The molecular weight excluding hydrogens is 228 g/mol. The second-order valence-electron chi connectivity index (χ2n) is 5.21. The van der Waals surface area contributed by atoms with E-state index in [2.05, 4.69) is 23.4 Å². The van der Waals surface area contributed by atoms with Gasteiger partial charge in [-0.05, 0) is 12.8 Å². The van der Waals surface area contributed by atoms with Crippen molar-refractivity contribution in [3.05, 3.63) is 18.2 Å². The highest BCUT2D eigenvalue weighted by Crippen LogP contribution is 2.35. The summed E-state index contributed by atoms with van der Waals surface area (Å²) in [5, 5.41) is 10.9. The smallest absolute Gasteiger partial charge is 0.140 e. The molecule has 2 heterocycles. The molecule has 2 unspecified atom stereocenters. The SMILES string of the molecule is CCCC1CC(O)(c2nccn2CCC)CCO1. The van der Waals surface area contributed by atoms with Gasteiger partial charge in [0, 0.05) is 31.8 Å². The van der Waals surface area contributed by atoms with Gasteiger partial charge in [-0.25, -0.2) is 4.98 Å². The van der Waals surface area contributed by atoms with E-state index in [0.717, 1.165) is 31.6 Å². The number of aliphatic hydroxyl groups is 1. The van der Waals surface area contributed by atoms with Crippen molar-refractivity contribution in [1.29, 1.82) is 0 Å². The van der Waals surface area contributed by atoms with Crippen LogP contribution < -0.4 is 0 Å². The molecule has 18 heavy (non-hydrogen) atoms. The van der Waals surface area contributed by atoms with E-state index in [1.807, 2.05) is 6.20 Å². The van der Waals surface area contributed by atoms with Gasteiger partial charge in [-0.1, -0.05) is 20.3 Å². The summed E-state index contributed by atoms with van der Waals surface area (Å²) in [6, 6.07) is 0. The van der Waals surface area contributed by atoms with Crippen LogP contribution in [0.3, 0.4) is 0 Å². The van der Waals surface area contributed by atoms with Gasteiger partial charge in [0.2, 0.25) is 0 Å². The van der Waals surface area contributed by atoms with Gasteiger partial charge >= 0.3 is 0 Å². The first-order valence-electron chi connectivity index (χ1n) is 7.05. The lowest BCUT2D eigenvalue weighted by atomic mass is 9.88. The van der Waals surface area contributed by atoms with Crippen molar-refractivity contribution in [1.82, 2.24) is 9.55 Å². The molecule has 0 aromatic carbocycles. The summed E-state index contributed by atoms with van der Waals surface area (Å²) in [6.07, 6.45) is 8.37. The van der Waals surface area contributed by atoms with Crippen molar-refractivity contribution < 1.29 is 9.84 Å². The Bertz CT molecular complexity index is 376. The van der Waals surface area contributed by atoms with E-state index >= 15 is 0 Å². The van der Waals surface area contributed by atoms with Crippen LogP contribution in [-0.4, -0.2) is 27.4 Å². The summed E-state index contributed by atoms with van der Waals surface area (Å²) < 4.78 is 7.79. The fraction of sp³-hybridized carbons (Fsp3) is 0.786. The zero-order valence-electron chi connectivity index (χ0n) is 11.4. The maximum atomic E-state index is 10.9. The van der Waals surface area contributed by atoms with E-state index in [4.69, 9.17) is 4.74 Å². The Morgan fingerprint density at radius 1 is 1.50 bits per heavy atom. The minimum Gasteiger partial charge on any atom is -0.382 e.